The first-order valence-electron chi connectivity index (χ1n) is 8.59. The van der Waals surface area contributed by atoms with E-state index < -0.39 is 23.4 Å². The summed E-state index contributed by atoms with van der Waals surface area (Å²) in [6, 6.07) is 5.47. The first-order chi connectivity index (χ1) is 12.6. The Balaban J connectivity index is 2.21. The molecule has 1 amide bonds. The average Bonchev–Trinajstić information content (AvgIpc) is 2.90. The molecule has 1 aromatic heterocycles. The van der Waals surface area contributed by atoms with Gasteiger partial charge in [0.15, 0.2) is 0 Å². The van der Waals surface area contributed by atoms with Gasteiger partial charge in [0.1, 0.15) is 5.60 Å². The third-order valence-electron chi connectivity index (χ3n) is 3.57. The predicted molar refractivity (Wildman–Crippen MR) is 105 cm³/mol. The monoisotopic (exact) mass is 438 g/mol. The number of hydrogen-bond donors (Lipinski definition) is 1. The zero-order valence-corrected chi connectivity index (χ0v) is 17.4. The molecule has 1 N–H and O–H groups in total. The van der Waals surface area contributed by atoms with Gasteiger partial charge < -0.3 is 19.4 Å². The van der Waals surface area contributed by atoms with Gasteiger partial charge in [-0.2, -0.15) is 0 Å². The lowest BCUT2D eigenvalue weighted by Gasteiger charge is -2.19. The second-order valence-corrected chi connectivity index (χ2v) is 7.79. The minimum Gasteiger partial charge on any atom is -0.460 e. The van der Waals surface area contributed by atoms with Crippen LogP contribution in [0, 0.1) is 0 Å². The van der Waals surface area contributed by atoms with Gasteiger partial charge in [-0.05, 0) is 45.9 Å². The van der Waals surface area contributed by atoms with E-state index in [0.717, 1.165) is 9.99 Å². The van der Waals surface area contributed by atoms with Crippen molar-refractivity contribution in [3.05, 3.63) is 34.4 Å². The van der Waals surface area contributed by atoms with Gasteiger partial charge in [0.2, 0.25) is 0 Å². The number of benzene rings is 1. The largest absolute Gasteiger partial charge is 0.460 e. The number of alkyl carbamates (subject to hydrolysis) is 1. The van der Waals surface area contributed by atoms with Crippen LogP contribution in [-0.2, 0) is 20.8 Å². The summed E-state index contributed by atoms with van der Waals surface area (Å²) < 4.78 is 12.6. The molecule has 1 aromatic carbocycles. The molecule has 2 rings (SSSR count). The quantitative estimate of drug-likeness (QED) is 0.422. The maximum Gasteiger partial charge on any atom is 0.407 e. The SMILES string of the molecule is CCOC(=O)C(=O)c1cn(CCNC(=O)OC(C)(C)C)c2ccc(Br)cc12. The molecule has 0 unspecified atom stereocenters. The van der Waals surface area contributed by atoms with Crippen molar-refractivity contribution in [2.75, 3.05) is 13.2 Å². The minimum atomic E-state index is -0.886. The highest BCUT2D eigenvalue weighted by molar-refractivity contribution is 9.10. The zero-order chi connectivity index (χ0) is 20.2. The number of nitrogens with zero attached hydrogens (tertiary/aromatic N) is 1. The highest BCUT2D eigenvalue weighted by Gasteiger charge is 2.23. The minimum absolute atomic E-state index is 0.132. The molecule has 146 valence electrons. The Kier molecular flexibility index (Phi) is 6.64. The first kappa shape index (κ1) is 21.0. The Hall–Kier alpha value is -2.35. The molecule has 0 spiro atoms. The Morgan fingerprint density at radius 1 is 1.22 bits per heavy atom. The first-order valence-corrected chi connectivity index (χ1v) is 9.38. The van der Waals surface area contributed by atoms with Gasteiger partial charge in [-0.3, -0.25) is 4.79 Å². The van der Waals surface area contributed by atoms with Crippen LogP contribution < -0.4 is 5.32 Å². The Labute approximate surface area is 166 Å². The molecule has 7 nitrogen and oxygen atoms in total. The Morgan fingerprint density at radius 2 is 1.93 bits per heavy atom. The number of halogens is 1. The maximum atomic E-state index is 12.4. The molecule has 0 saturated carbocycles. The van der Waals surface area contributed by atoms with Gasteiger partial charge in [-0.15, -0.1) is 0 Å². The topological polar surface area (TPSA) is 86.6 Å². The van der Waals surface area contributed by atoms with E-state index in [-0.39, 0.29) is 12.2 Å². The van der Waals surface area contributed by atoms with Crippen molar-refractivity contribution in [1.82, 2.24) is 9.88 Å². The zero-order valence-electron chi connectivity index (χ0n) is 15.8. The van der Waals surface area contributed by atoms with E-state index in [1.54, 1.807) is 40.0 Å². The van der Waals surface area contributed by atoms with Crippen LogP contribution in [0.2, 0.25) is 0 Å². The summed E-state index contributed by atoms with van der Waals surface area (Å²) in [6.07, 6.45) is 1.09. The number of nitrogens with one attached hydrogen (secondary N) is 1. The molecule has 0 fully saturated rings. The summed E-state index contributed by atoms with van der Waals surface area (Å²) in [7, 11) is 0. The molecule has 0 aliphatic rings. The maximum absolute atomic E-state index is 12.4. The standard InChI is InChI=1S/C19H23BrN2O5/c1-5-26-17(24)16(23)14-11-22(15-7-6-12(20)10-13(14)15)9-8-21-18(25)27-19(2,3)4/h6-7,10-11H,5,8-9H2,1-4H3,(H,21,25). The summed E-state index contributed by atoms with van der Waals surface area (Å²) in [5.41, 5.74) is 0.467. The van der Waals surface area contributed by atoms with Crippen LogP contribution >= 0.6 is 15.9 Å². The smallest absolute Gasteiger partial charge is 0.407 e. The molecule has 0 radical (unpaired) electrons. The van der Waals surface area contributed by atoms with E-state index in [4.69, 9.17) is 9.47 Å². The van der Waals surface area contributed by atoms with E-state index in [2.05, 4.69) is 21.2 Å². The molecule has 0 aliphatic heterocycles. The van der Waals surface area contributed by atoms with Crippen LogP contribution in [0.15, 0.2) is 28.9 Å². The molecule has 8 heteroatoms. The Morgan fingerprint density at radius 3 is 2.56 bits per heavy atom. The third-order valence-corrected chi connectivity index (χ3v) is 4.06. The number of hydrogen-bond acceptors (Lipinski definition) is 5. The molecule has 2 aromatic rings. The second-order valence-electron chi connectivity index (χ2n) is 6.88. The number of amides is 1. The van der Waals surface area contributed by atoms with Gasteiger partial charge in [0.05, 0.1) is 12.2 Å². The van der Waals surface area contributed by atoms with Crippen LogP contribution in [0.1, 0.15) is 38.1 Å². The van der Waals surface area contributed by atoms with Gasteiger partial charge in [0.25, 0.3) is 5.78 Å². The lowest BCUT2D eigenvalue weighted by Crippen LogP contribution is -2.34. The van der Waals surface area contributed by atoms with Gasteiger partial charge in [-0.25, -0.2) is 9.59 Å². The van der Waals surface area contributed by atoms with Crippen LogP contribution in [0.5, 0.6) is 0 Å². The van der Waals surface area contributed by atoms with Crippen molar-refractivity contribution in [1.29, 1.82) is 0 Å². The molecular weight excluding hydrogens is 416 g/mol. The van der Waals surface area contributed by atoms with Crippen LogP contribution in [0.25, 0.3) is 10.9 Å². The van der Waals surface area contributed by atoms with Crippen molar-refractivity contribution in [2.45, 2.75) is 39.8 Å². The molecule has 0 saturated heterocycles. The molecular formula is C19H23BrN2O5. The number of esters is 1. The number of Topliss-reactive ketones (excluding diaryl/α,β-unsaturated/α-hetero) is 1. The number of rotatable bonds is 6. The van der Waals surface area contributed by atoms with E-state index in [1.165, 1.54) is 0 Å². The fourth-order valence-corrected chi connectivity index (χ4v) is 2.90. The second kappa shape index (κ2) is 8.56. The molecule has 27 heavy (non-hydrogen) atoms. The van der Waals surface area contributed by atoms with Crippen molar-refractivity contribution < 1.29 is 23.9 Å². The van der Waals surface area contributed by atoms with Crippen molar-refractivity contribution in [3.8, 4) is 0 Å². The molecule has 0 bridgehead atoms. The summed E-state index contributed by atoms with van der Waals surface area (Å²) in [6.45, 7) is 7.86. The average molecular weight is 439 g/mol. The lowest BCUT2D eigenvalue weighted by molar-refractivity contribution is -0.137. The number of ether oxygens (including phenoxy) is 2. The summed E-state index contributed by atoms with van der Waals surface area (Å²) in [4.78, 5) is 36.0. The molecule has 1 heterocycles. The number of fused-ring (bicyclic) bond motifs is 1. The van der Waals surface area contributed by atoms with Crippen molar-refractivity contribution >= 4 is 44.7 Å². The highest BCUT2D eigenvalue weighted by atomic mass is 79.9. The van der Waals surface area contributed by atoms with E-state index in [1.807, 2.05) is 16.7 Å². The normalized spacial score (nSPS) is 11.3. The summed E-state index contributed by atoms with van der Waals surface area (Å²) >= 11 is 3.38. The van der Waals surface area contributed by atoms with Gasteiger partial charge >= 0.3 is 12.1 Å². The van der Waals surface area contributed by atoms with Crippen molar-refractivity contribution in [3.63, 3.8) is 0 Å². The fourth-order valence-electron chi connectivity index (χ4n) is 2.53. The van der Waals surface area contributed by atoms with Crippen LogP contribution in [-0.4, -0.2) is 41.2 Å². The number of aromatic nitrogens is 1. The Bertz CT molecular complexity index is 867. The summed E-state index contributed by atoms with van der Waals surface area (Å²) in [5, 5.41) is 3.32. The highest BCUT2D eigenvalue weighted by Crippen LogP contribution is 2.26. The number of carbonyl (C=O) groups excluding carboxylic acids is 3. The van der Waals surface area contributed by atoms with Crippen LogP contribution in [0.4, 0.5) is 4.79 Å². The molecule has 0 atom stereocenters. The third kappa shape index (κ3) is 5.56. The number of carbonyl (C=O) groups is 3. The molecule has 0 aliphatic carbocycles. The lowest BCUT2D eigenvalue weighted by atomic mass is 10.1. The van der Waals surface area contributed by atoms with E-state index in [9.17, 15) is 14.4 Å². The van der Waals surface area contributed by atoms with E-state index in [0.29, 0.717) is 18.5 Å². The van der Waals surface area contributed by atoms with E-state index >= 15 is 0 Å². The van der Waals surface area contributed by atoms with Gasteiger partial charge in [-0.1, -0.05) is 15.9 Å². The van der Waals surface area contributed by atoms with Crippen molar-refractivity contribution in [2.24, 2.45) is 0 Å². The summed E-state index contributed by atoms with van der Waals surface area (Å²) in [5.74, 6) is -1.58. The predicted octanol–water partition coefficient (Wildman–Crippen LogP) is 3.67. The van der Waals surface area contributed by atoms with Crippen LogP contribution in [0.3, 0.4) is 0 Å². The number of ketones is 1. The fraction of sp³-hybridized carbons (Fsp3) is 0.421. The van der Waals surface area contributed by atoms with Gasteiger partial charge in [0, 0.05) is 34.7 Å².